The minimum absolute atomic E-state index is 0.0745. The number of aromatic nitrogens is 1. The van der Waals surface area contributed by atoms with Gasteiger partial charge in [-0.15, -0.1) is 11.3 Å². The lowest BCUT2D eigenvalue weighted by Crippen LogP contribution is -2.60. The van der Waals surface area contributed by atoms with Gasteiger partial charge in [-0.2, -0.15) is 0 Å². The highest BCUT2D eigenvalue weighted by molar-refractivity contribution is 7.09. The van der Waals surface area contributed by atoms with E-state index in [2.05, 4.69) is 20.9 Å². The number of carbonyl (C=O) groups is 6. The van der Waals surface area contributed by atoms with Gasteiger partial charge in [0.05, 0.1) is 18.0 Å². The topological polar surface area (TPSA) is 213 Å². The molecule has 1 aliphatic rings. The third-order valence-electron chi connectivity index (χ3n) is 11.0. The Kier molecular flexibility index (Phi) is 17.0. The monoisotopic (exact) mass is 799 g/mol. The third-order valence-corrected chi connectivity index (χ3v) is 11.9. The number of carboxylic acids is 1. The first-order valence-electron chi connectivity index (χ1n) is 19.3. The molecule has 310 valence electrons. The molecule has 56 heavy (non-hydrogen) atoms. The second kappa shape index (κ2) is 20.7. The van der Waals surface area contributed by atoms with Crippen molar-refractivity contribution in [1.29, 1.82) is 0 Å². The Labute approximate surface area is 334 Å². The van der Waals surface area contributed by atoms with Crippen LogP contribution in [-0.2, 0) is 35.1 Å². The van der Waals surface area contributed by atoms with E-state index < -0.39 is 53.5 Å². The molecule has 0 spiro atoms. The molecule has 0 radical (unpaired) electrons. The largest absolute Gasteiger partial charge is 0.481 e. The summed E-state index contributed by atoms with van der Waals surface area (Å²) in [6, 6.07) is 5.19. The van der Waals surface area contributed by atoms with Crippen LogP contribution in [0.3, 0.4) is 0 Å². The van der Waals surface area contributed by atoms with Crippen molar-refractivity contribution in [3.8, 4) is 0 Å². The fourth-order valence-corrected chi connectivity index (χ4v) is 7.82. The molecule has 2 aromatic rings. The molecular formula is C40H61N7O8S. The van der Waals surface area contributed by atoms with Crippen LogP contribution < -0.4 is 21.7 Å². The molecule has 1 aromatic heterocycles. The maximum Gasteiger partial charge on any atom is 0.306 e. The molecule has 1 saturated heterocycles. The number of likely N-dealkylation sites (tertiary alicyclic amines) is 1. The predicted molar refractivity (Wildman–Crippen MR) is 215 cm³/mol. The fraction of sp³-hybridized carbons (Fsp3) is 0.625. The van der Waals surface area contributed by atoms with Crippen LogP contribution in [0, 0.1) is 17.8 Å². The highest BCUT2D eigenvalue weighted by Crippen LogP contribution is 2.32. The molecule has 0 unspecified atom stereocenters. The summed E-state index contributed by atoms with van der Waals surface area (Å²) in [4.78, 5) is 85.5. The zero-order chi connectivity index (χ0) is 41.9. The van der Waals surface area contributed by atoms with Gasteiger partial charge in [0.25, 0.3) is 5.91 Å². The van der Waals surface area contributed by atoms with Crippen molar-refractivity contribution in [1.82, 2.24) is 25.4 Å². The lowest BCUT2D eigenvalue weighted by Gasteiger charge is -2.38. The Balaban J connectivity index is 1.82. The van der Waals surface area contributed by atoms with Crippen molar-refractivity contribution in [3.05, 3.63) is 45.9 Å². The molecule has 15 nitrogen and oxygen atoms in total. The molecule has 4 amide bonds. The summed E-state index contributed by atoms with van der Waals surface area (Å²) in [6.45, 7) is 13.3. The van der Waals surface area contributed by atoms with E-state index in [1.165, 1.54) is 6.92 Å². The van der Waals surface area contributed by atoms with Gasteiger partial charge in [-0.1, -0.05) is 53.2 Å². The van der Waals surface area contributed by atoms with E-state index in [0.29, 0.717) is 30.0 Å². The van der Waals surface area contributed by atoms with Gasteiger partial charge in [-0.05, 0) is 75.7 Å². The van der Waals surface area contributed by atoms with Gasteiger partial charge in [0.2, 0.25) is 17.7 Å². The summed E-state index contributed by atoms with van der Waals surface area (Å²) in [5.74, 6) is -3.82. The number of amides is 4. The smallest absolute Gasteiger partial charge is 0.306 e. The first kappa shape index (κ1) is 46.0. The molecule has 7 atom stereocenters. The number of hydrogen-bond acceptors (Lipinski definition) is 11. The molecule has 3 rings (SSSR count). The number of likely N-dealkylation sites (N-methyl/N-ethyl adjacent to an activating group) is 2. The summed E-state index contributed by atoms with van der Waals surface area (Å²) < 4.78 is 5.77. The Morgan fingerprint density at radius 2 is 1.73 bits per heavy atom. The van der Waals surface area contributed by atoms with E-state index in [1.807, 2.05) is 46.6 Å². The normalized spacial score (nSPS) is 18.9. The van der Waals surface area contributed by atoms with Gasteiger partial charge in [0, 0.05) is 43.5 Å². The van der Waals surface area contributed by atoms with Crippen molar-refractivity contribution in [2.45, 2.75) is 117 Å². The summed E-state index contributed by atoms with van der Waals surface area (Å²) in [6.07, 6.45) is 2.03. The number of hydrogen-bond donors (Lipinski definition) is 5. The van der Waals surface area contributed by atoms with Crippen LogP contribution in [0.5, 0.6) is 0 Å². The number of rotatable bonds is 20. The standard InChI is InChI=1S/C40H61N7O8S/c1-10-24(4)34(45-39(54)40(7)16-11-17-46(40)8)37(51)47(9)31(23(2)3)20-32(55-26(6)48)36-44-30(22-56-36)35(50)43-29(18-25(5)38(52)53)19-27-12-14-28(15-13-27)42-33(49)21-41/h12-15,22-25,29,31-32,34H,10-11,16-21,41H2,1-9H3,(H,42,49)(H,43,50)(H,45,54)(H,52,53)/t24-,25-,29+,31+,32+,34-,40+/m0/s1. The molecular weight excluding hydrogens is 739 g/mol. The van der Waals surface area contributed by atoms with Crippen molar-refractivity contribution in [2.24, 2.45) is 23.5 Å². The second-order valence-electron chi connectivity index (χ2n) is 15.6. The summed E-state index contributed by atoms with van der Waals surface area (Å²) >= 11 is 1.15. The van der Waals surface area contributed by atoms with E-state index in [4.69, 9.17) is 10.5 Å². The van der Waals surface area contributed by atoms with Crippen molar-refractivity contribution >= 4 is 52.6 Å². The number of carboxylic acid groups (broad SMARTS) is 1. The molecule has 16 heteroatoms. The first-order valence-corrected chi connectivity index (χ1v) is 20.2. The van der Waals surface area contributed by atoms with Gasteiger partial charge in [-0.3, -0.25) is 33.7 Å². The molecule has 0 aliphatic carbocycles. The average Bonchev–Trinajstić information content (AvgIpc) is 3.78. The zero-order valence-electron chi connectivity index (χ0n) is 34.2. The molecule has 1 aliphatic heterocycles. The first-order chi connectivity index (χ1) is 26.3. The Morgan fingerprint density at radius 1 is 1.07 bits per heavy atom. The summed E-state index contributed by atoms with van der Waals surface area (Å²) in [7, 11) is 3.62. The minimum atomic E-state index is -0.999. The number of ether oxygens (including phenoxy) is 1. The highest BCUT2D eigenvalue weighted by atomic mass is 32.1. The molecule has 2 heterocycles. The zero-order valence-corrected chi connectivity index (χ0v) is 35.0. The van der Waals surface area contributed by atoms with Crippen molar-refractivity contribution in [3.63, 3.8) is 0 Å². The number of nitrogens with one attached hydrogen (secondary N) is 3. The van der Waals surface area contributed by atoms with Gasteiger partial charge < -0.3 is 36.4 Å². The fourth-order valence-electron chi connectivity index (χ4n) is 6.98. The molecule has 1 fully saturated rings. The number of carbonyl (C=O) groups excluding carboxylic acids is 5. The third kappa shape index (κ3) is 12.3. The SMILES string of the molecule is CC[C@H](C)[C@H](NC(=O)[C@@]1(C)CCCN1C)C(=O)N(C)[C@H](C[C@@H](OC(C)=O)c1nc(C(=O)N[C@@H](Cc2ccc(NC(=O)CN)cc2)C[C@H](C)C(=O)O)cs1)C(C)C. The van der Waals surface area contributed by atoms with Crippen LogP contribution >= 0.6 is 11.3 Å². The molecule has 0 saturated carbocycles. The van der Waals surface area contributed by atoms with Gasteiger partial charge in [-0.25, -0.2) is 4.98 Å². The van der Waals surface area contributed by atoms with Gasteiger partial charge in [0.1, 0.15) is 16.7 Å². The molecule has 6 N–H and O–H groups in total. The van der Waals surface area contributed by atoms with E-state index in [1.54, 1.807) is 48.5 Å². The van der Waals surface area contributed by atoms with Crippen LogP contribution in [0.2, 0.25) is 0 Å². The highest BCUT2D eigenvalue weighted by Gasteiger charge is 2.44. The minimum Gasteiger partial charge on any atom is -0.481 e. The Bertz CT molecular complexity index is 1680. The molecule has 0 bridgehead atoms. The maximum absolute atomic E-state index is 14.2. The van der Waals surface area contributed by atoms with E-state index in [0.717, 1.165) is 29.9 Å². The number of nitrogens with zero attached hydrogens (tertiary/aromatic N) is 3. The van der Waals surface area contributed by atoms with Crippen LogP contribution in [0.25, 0.3) is 0 Å². The number of aliphatic carboxylic acids is 1. The maximum atomic E-state index is 14.2. The summed E-state index contributed by atoms with van der Waals surface area (Å²) in [5, 5.41) is 20.2. The summed E-state index contributed by atoms with van der Waals surface area (Å²) in [5.41, 5.74) is 6.11. The van der Waals surface area contributed by atoms with E-state index in [-0.39, 0.29) is 54.6 Å². The van der Waals surface area contributed by atoms with Crippen molar-refractivity contribution < 1.29 is 38.6 Å². The number of esters is 1. The van der Waals surface area contributed by atoms with E-state index >= 15 is 0 Å². The van der Waals surface area contributed by atoms with Gasteiger partial charge in [0.15, 0.2) is 6.10 Å². The van der Waals surface area contributed by atoms with Crippen LogP contribution in [-0.4, -0.2) is 106 Å². The lowest BCUT2D eigenvalue weighted by molar-refractivity contribution is -0.149. The van der Waals surface area contributed by atoms with Crippen LogP contribution in [0.4, 0.5) is 5.69 Å². The lowest BCUT2D eigenvalue weighted by atomic mass is 9.91. The average molecular weight is 800 g/mol. The van der Waals surface area contributed by atoms with Crippen LogP contribution in [0.1, 0.15) is 108 Å². The second-order valence-corrected chi connectivity index (χ2v) is 16.5. The quantitative estimate of drug-likeness (QED) is 0.121. The Hall–Kier alpha value is -4.41. The number of thiazole rings is 1. The Morgan fingerprint density at radius 3 is 2.27 bits per heavy atom. The number of anilines is 1. The van der Waals surface area contributed by atoms with Gasteiger partial charge >= 0.3 is 11.9 Å². The molecule has 1 aromatic carbocycles. The van der Waals surface area contributed by atoms with E-state index in [9.17, 15) is 33.9 Å². The van der Waals surface area contributed by atoms with Crippen molar-refractivity contribution in [2.75, 3.05) is 32.5 Å². The number of benzene rings is 1. The number of nitrogens with two attached hydrogens (primary N) is 1. The predicted octanol–water partition coefficient (Wildman–Crippen LogP) is 3.98. The van der Waals surface area contributed by atoms with Crippen LogP contribution in [0.15, 0.2) is 29.6 Å².